The molecule has 0 aromatic heterocycles. The highest BCUT2D eigenvalue weighted by molar-refractivity contribution is 5.02. The summed E-state index contributed by atoms with van der Waals surface area (Å²) in [4.78, 5) is 0. The molecule has 2 atom stereocenters. The van der Waals surface area contributed by atoms with Crippen molar-refractivity contribution in [3.8, 4) is 0 Å². The molecule has 88 valence electrons. The number of hydrogen-bond donors (Lipinski definition) is 0. The first-order valence-electron chi connectivity index (χ1n) is 5.46. The maximum atomic E-state index is 5.62. The summed E-state index contributed by atoms with van der Waals surface area (Å²) in [7, 11) is 1.63. The quantitative estimate of drug-likeness (QED) is 0.282. The molecule has 0 radical (unpaired) electrons. The molecule has 0 N–H and O–H groups in total. The van der Waals surface area contributed by atoms with Crippen LogP contribution in [0.3, 0.4) is 0 Å². The van der Waals surface area contributed by atoms with E-state index in [0.29, 0.717) is 13.4 Å². The number of hydrogen-bond acceptors (Lipinski definition) is 3. The van der Waals surface area contributed by atoms with Crippen molar-refractivity contribution in [1.29, 1.82) is 0 Å². The molecule has 15 heavy (non-hydrogen) atoms. The second-order valence-corrected chi connectivity index (χ2v) is 4.52. The summed E-state index contributed by atoms with van der Waals surface area (Å²) in [5.41, 5.74) is 1.39. The predicted molar refractivity (Wildman–Crippen MR) is 59.8 cm³/mol. The minimum Gasteiger partial charge on any atom is -0.364 e. The molecular weight excluding hydrogens is 192 g/mol. The van der Waals surface area contributed by atoms with Gasteiger partial charge in [-0.05, 0) is 33.6 Å². The average molecular weight is 214 g/mol. The van der Waals surface area contributed by atoms with Gasteiger partial charge in [0.2, 0.25) is 0 Å². The van der Waals surface area contributed by atoms with E-state index in [1.54, 1.807) is 7.11 Å². The van der Waals surface area contributed by atoms with Gasteiger partial charge in [-0.1, -0.05) is 11.6 Å². The highest BCUT2D eigenvalue weighted by Gasteiger charge is 2.51. The SMILES string of the molecule is COCOCC1OC1(C)CCC=C(C)C. The molecule has 3 heteroatoms. The normalized spacial score (nSPS) is 28.9. The molecule has 0 amide bonds. The standard InChI is InChI=1S/C12H22O3/c1-10(2)6-5-7-12(3)11(15-12)8-14-9-13-4/h6,11H,5,7-9H2,1-4H3. The third-order valence-electron chi connectivity index (χ3n) is 2.70. The molecule has 1 saturated heterocycles. The molecule has 0 saturated carbocycles. The molecule has 1 aliphatic heterocycles. The van der Waals surface area contributed by atoms with Crippen LogP contribution in [0.15, 0.2) is 11.6 Å². The summed E-state index contributed by atoms with van der Waals surface area (Å²) in [6.45, 7) is 7.38. The molecule has 1 heterocycles. The van der Waals surface area contributed by atoms with Crippen LogP contribution < -0.4 is 0 Å². The van der Waals surface area contributed by atoms with E-state index in [0.717, 1.165) is 12.8 Å². The molecule has 1 aliphatic rings. The third-order valence-corrected chi connectivity index (χ3v) is 2.70. The zero-order chi connectivity index (χ0) is 11.3. The Morgan fingerprint density at radius 1 is 1.47 bits per heavy atom. The van der Waals surface area contributed by atoms with Gasteiger partial charge in [-0.15, -0.1) is 0 Å². The maximum Gasteiger partial charge on any atom is 0.146 e. The van der Waals surface area contributed by atoms with Crippen LogP contribution in [0.2, 0.25) is 0 Å². The van der Waals surface area contributed by atoms with Gasteiger partial charge in [0.05, 0.1) is 12.2 Å². The van der Waals surface area contributed by atoms with Gasteiger partial charge in [0.1, 0.15) is 12.9 Å². The van der Waals surface area contributed by atoms with Gasteiger partial charge >= 0.3 is 0 Å². The summed E-state index contributed by atoms with van der Waals surface area (Å²) in [5.74, 6) is 0. The van der Waals surface area contributed by atoms with Crippen molar-refractivity contribution in [3.63, 3.8) is 0 Å². The lowest BCUT2D eigenvalue weighted by atomic mass is 10.0. The summed E-state index contributed by atoms with van der Waals surface area (Å²) in [5, 5.41) is 0. The van der Waals surface area contributed by atoms with Crippen molar-refractivity contribution in [2.45, 2.75) is 45.3 Å². The van der Waals surface area contributed by atoms with E-state index in [4.69, 9.17) is 14.2 Å². The van der Waals surface area contributed by atoms with Crippen LogP contribution in [-0.4, -0.2) is 32.2 Å². The lowest BCUT2D eigenvalue weighted by molar-refractivity contribution is -0.0352. The van der Waals surface area contributed by atoms with E-state index in [1.165, 1.54) is 5.57 Å². The van der Waals surface area contributed by atoms with Gasteiger partial charge < -0.3 is 14.2 Å². The maximum absolute atomic E-state index is 5.62. The van der Waals surface area contributed by atoms with Crippen LogP contribution in [0.25, 0.3) is 0 Å². The Bertz CT molecular complexity index is 221. The largest absolute Gasteiger partial charge is 0.364 e. The molecular formula is C12H22O3. The number of allylic oxidation sites excluding steroid dienone is 2. The van der Waals surface area contributed by atoms with Crippen molar-refractivity contribution in [1.82, 2.24) is 0 Å². The van der Waals surface area contributed by atoms with E-state index >= 15 is 0 Å². The Hall–Kier alpha value is -0.380. The topological polar surface area (TPSA) is 31.0 Å². The summed E-state index contributed by atoms with van der Waals surface area (Å²) in [6, 6.07) is 0. The second-order valence-electron chi connectivity index (χ2n) is 4.52. The second kappa shape index (κ2) is 5.64. The van der Waals surface area contributed by atoms with Crippen molar-refractivity contribution in [2.75, 3.05) is 20.5 Å². The highest BCUT2D eigenvalue weighted by Crippen LogP contribution is 2.40. The Balaban J connectivity index is 2.12. The summed E-state index contributed by atoms with van der Waals surface area (Å²) < 4.78 is 15.7. The molecule has 0 aromatic carbocycles. The van der Waals surface area contributed by atoms with Crippen LogP contribution in [0.1, 0.15) is 33.6 Å². The van der Waals surface area contributed by atoms with E-state index in [1.807, 2.05) is 0 Å². The zero-order valence-corrected chi connectivity index (χ0v) is 10.2. The van der Waals surface area contributed by atoms with Crippen molar-refractivity contribution >= 4 is 0 Å². The molecule has 1 rings (SSSR count). The molecule has 0 spiro atoms. The van der Waals surface area contributed by atoms with Crippen LogP contribution in [0.4, 0.5) is 0 Å². The van der Waals surface area contributed by atoms with Crippen LogP contribution >= 0.6 is 0 Å². The van der Waals surface area contributed by atoms with Crippen molar-refractivity contribution < 1.29 is 14.2 Å². The van der Waals surface area contributed by atoms with E-state index < -0.39 is 0 Å². The number of ether oxygens (including phenoxy) is 3. The lowest BCUT2D eigenvalue weighted by Crippen LogP contribution is -2.14. The molecule has 1 fully saturated rings. The van der Waals surface area contributed by atoms with E-state index in [9.17, 15) is 0 Å². The van der Waals surface area contributed by atoms with E-state index in [-0.39, 0.29) is 11.7 Å². The minimum absolute atomic E-state index is 0.0275. The fraction of sp³-hybridized carbons (Fsp3) is 0.833. The Morgan fingerprint density at radius 3 is 2.80 bits per heavy atom. The smallest absolute Gasteiger partial charge is 0.146 e. The first-order valence-corrected chi connectivity index (χ1v) is 5.46. The zero-order valence-electron chi connectivity index (χ0n) is 10.2. The van der Waals surface area contributed by atoms with Gasteiger partial charge in [0.25, 0.3) is 0 Å². The number of rotatable bonds is 7. The van der Waals surface area contributed by atoms with Gasteiger partial charge in [0, 0.05) is 7.11 Å². The molecule has 0 aromatic rings. The minimum atomic E-state index is 0.0275. The predicted octanol–water partition coefficient (Wildman–Crippen LogP) is 2.51. The molecule has 2 unspecified atom stereocenters. The first-order chi connectivity index (χ1) is 7.08. The highest BCUT2D eigenvalue weighted by atomic mass is 16.7. The Morgan fingerprint density at radius 2 is 2.20 bits per heavy atom. The third kappa shape index (κ3) is 4.33. The Labute approximate surface area is 92.4 Å². The lowest BCUT2D eigenvalue weighted by Gasteiger charge is -2.04. The molecule has 0 bridgehead atoms. The van der Waals surface area contributed by atoms with Gasteiger partial charge in [-0.3, -0.25) is 0 Å². The van der Waals surface area contributed by atoms with Gasteiger partial charge in [0.15, 0.2) is 0 Å². The van der Waals surface area contributed by atoms with Crippen LogP contribution in [0.5, 0.6) is 0 Å². The monoisotopic (exact) mass is 214 g/mol. The average Bonchev–Trinajstić information content (AvgIpc) is 2.77. The van der Waals surface area contributed by atoms with Crippen LogP contribution in [-0.2, 0) is 14.2 Å². The Kier molecular flexibility index (Phi) is 4.77. The number of methoxy groups -OCH3 is 1. The molecule has 0 aliphatic carbocycles. The van der Waals surface area contributed by atoms with E-state index in [2.05, 4.69) is 26.8 Å². The fourth-order valence-corrected chi connectivity index (χ4v) is 1.61. The van der Waals surface area contributed by atoms with Crippen molar-refractivity contribution in [3.05, 3.63) is 11.6 Å². The summed E-state index contributed by atoms with van der Waals surface area (Å²) >= 11 is 0. The number of epoxide rings is 1. The summed E-state index contributed by atoms with van der Waals surface area (Å²) in [6.07, 6.45) is 4.65. The van der Waals surface area contributed by atoms with Crippen molar-refractivity contribution in [2.24, 2.45) is 0 Å². The van der Waals surface area contributed by atoms with Gasteiger partial charge in [-0.2, -0.15) is 0 Å². The van der Waals surface area contributed by atoms with Crippen LogP contribution in [0, 0.1) is 0 Å². The molecule has 3 nitrogen and oxygen atoms in total. The fourth-order valence-electron chi connectivity index (χ4n) is 1.61. The first kappa shape index (κ1) is 12.7. The van der Waals surface area contributed by atoms with Gasteiger partial charge in [-0.25, -0.2) is 0 Å².